The third kappa shape index (κ3) is 6.32. The molecule has 0 spiro atoms. The van der Waals surface area contributed by atoms with Gasteiger partial charge in [-0.25, -0.2) is 0 Å². The molecular weight excluding hydrogens is 234 g/mol. The first-order valence-corrected chi connectivity index (χ1v) is 7.81. The van der Waals surface area contributed by atoms with Gasteiger partial charge in [-0.3, -0.25) is 4.79 Å². The topological polar surface area (TPSA) is 49.3 Å². The minimum Gasteiger partial charge on any atom is -0.480 e. The number of carboxylic acids is 1. The van der Waals surface area contributed by atoms with Crippen molar-refractivity contribution in [2.75, 3.05) is 11.5 Å². The average Bonchev–Trinajstić information content (AvgIpc) is 2.74. The van der Waals surface area contributed by atoms with Crippen LogP contribution in [-0.2, 0) is 4.79 Å². The van der Waals surface area contributed by atoms with Gasteiger partial charge in [0.1, 0.15) is 6.04 Å². The van der Waals surface area contributed by atoms with Crippen molar-refractivity contribution < 1.29 is 9.90 Å². The Kier molecular flexibility index (Phi) is 6.97. The predicted octanol–water partition coefficient (Wildman–Crippen LogP) is 2.75. The van der Waals surface area contributed by atoms with Gasteiger partial charge in [-0.15, -0.1) is 0 Å². The average molecular weight is 259 g/mol. The summed E-state index contributed by atoms with van der Waals surface area (Å²) in [5.74, 6) is 2.34. The lowest BCUT2D eigenvalue weighted by molar-refractivity contribution is -0.139. The van der Waals surface area contributed by atoms with Crippen LogP contribution in [0.5, 0.6) is 0 Å². The summed E-state index contributed by atoms with van der Waals surface area (Å²) in [4.78, 5) is 11.0. The Morgan fingerprint density at radius 1 is 1.41 bits per heavy atom. The molecule has 0 aliphatic heterocycles. The second-order valence-electron chi connectivity index (χ2n) is 5.23. The van der Waals surface area contributed by atoms with Crippen LogP contribution in [0.25, 0.3) is 0 Å². The molecule has 0 bridgehead atoms. The van der Waals surface area contributed by atoms with Crippen LogP contribution in [0, 0.1) is 5.92 Å². The van der Waals surface area contributed by atoms with E-state index in [1.165, 1.54) is 31.4 Å². The fraction of sp³-hybridized carbons (Fsp3) is 0.923. The summed E-state index contributed by atoms with van der Waals surface area (Å²) in [6.45, 7) is 3.98. The van der Waals surface area contributed by atoms with E-state index in [4.69, 9.17) is 5.11 Å². The summed E-state index contributed by atoms with van der Waals surface area (Å²) in [6, 6.07) is -0.151. The van der Waals surface area contributed by atoms with Crippen LogP contribution in [0.2, 0.25) is 0 Å². The molecule has 1 aliphatic carbocycles. The van der Waals surface area contributed by atoms with Crippen LogP contribution in [0.15, 0.2) is 0 Å². The van der Waals surface area contributed by atoms with Crippen LogP contribution in [0.3, 0.4) is 0 Å². The lowest BCUT2D eigenvalue weighted by Gasteiger charge is -2.17. The number of nitrogens with one attached hydrogen (secondary N) is 1. The van der Waals surface area contributed by atoms with Gasteiger partial charge in [-0.05, 0) is 36.7 Å². The molecule has 1 unspecified atom stereocenters. The molecule has 0 heterocycles. The molecule has 1 aliphatic rings. The summed E-state index contributed by atoms with van der Waals surface area (Å²) in [5, 5.41) is 12.2. The Hall–Kier alpha value is -0.220. The molecule has 0 saturated heterocycles. The standard InChI is InChI=1S/C13H25NO2S/c1-10(2)14-12(13(15)16)7-8-17-9-11-5-3-4-6-11/h10-12,14H,3-9H2,1-2H3,(H,15,16). The van der Waals surface area contributed by atoms with E-state index in [-0.39, 0.29) is 12.1 Å². The van der Waals surface area contributed by atoms with E-state index in [2.05, 4.69) is 5.32 Å². The molecule has 1 fully saturated rings. The van der Waals surface area contributed by atoms with Gasteiger partial charge in [0.05, 0.1) is 0 Å². The second kappa shape index (κ2) is 7.98. The first kappa shape index (κ1) is 14.8. The minimum absolute atomic E-state index is 0.232. The monoisotopic (exact) mass is 259 g/mol. The minimum atomic E-state index is -0.722. The normalized spacial score (nSPS) is 18.8. The first-order chi connectivity index (χ1) is 8.09. The number of carboxylic acid groups (broad SMARTS) is 1. The zero-order chi connectivity index (χ0) is 12.7. The highest BCUT2D eigenvalue weighted by atomic mass is 32.2. The number of aliphatic carboxylic acids is 1. The Labute approximate surface area is 109 Å². The fourth-order valence-corrected chi connectivity index (χ4v) is 3.54. The number of hydrogen-bond acceptors (Lipinski definition) is 3. The molecule has 2 N–H and O–H groups in total. The summed E-state index contributed by atoms with van der Waals surface area (Å²) in [6.07, 6.45) is 6.25. The molecule has 17 heavy (non-hydrogen) atoms. The maximum Gasteiger partial charge on any atom is 0.320 e. The summed E-state index contributed by atoms with van der Waals surface area (Å²) in [5.41, 5.74) is 0. The molecule has 3 nitrogen and oxygen atoms in total. The summed E-state index contributed by atoms with van der Waals surface area (Å²) in [7, 11) is 0. The molecule has 1 rings (SSSR count). The van der Waals surface area contributed by atoms with Gasteiger partial charge < -0.3 is 10.4 Å². The highest BCUT2D eigenvalue weighted by Crippen LogP contribution is 2.28. The van der Waals surface area contributed by atoms with Crippen molar-refractivity contribution in [2.24, 2.45) is 5.92 Å². The Bertz CT molecular complexity index is 227. The molecule has 0 aromatic rings. The van der Waals surface area contributed by atoms with Gasteiger partial charge in [0.25, 0.3) is 0 Å². The third-order valence-corrected chi connectivity index (χ3v) is 4.44. The van der Waals surface area contributed by atoms with E-state index in [1.54, 1.807) is 0 Å². The van der Waals surface area contributed by atoms with E-state index in [1.807, 2.05) is 25.6 Å². The first-order valence-electron chi connectivity index (χ1n) is 6.66. The number of rotatable bonds is 8. The zero-order valence-electron chi connectivity index (χ0n) is 10.9. The van der Waals surface area contributed by atoms with Gasteiger partial charge in [-0.1, -0.05) is 26.7 Å². The third-order valence-electron chi connectivity index (χ3n) is 3.21. The van der Waals surface area contributed by atoms with Crippen molar-refractivity contribution in [3.63, 3.8) is 0 Å². The molecule has 1 atom stereocenters. The highest BCUT2D eigenvalue weighted by molar-refractivity contribution is 7.99. The lowest BCUT2D eigenvalue weighted by Crippen LogP contribution is -2.41. The van der Waals surface area contributed by atoms with Crippen LogP contribution in [-0.4, -0.2) is 34.7 Å². The zero-order valence-corrected chi connectivity index (χ0v) is 11.8. The maximum atomic E-state index is 11.0. The van der Waals surface area contributed by atoms with Crippen molar-refractivity contribution in [1.29, 1.82) is 0 Å². The molecule has 1 saturated carbocycles. The molecule has 0 amide bonds. The van der Waals surface area contributed by atoms with Crippen LogP contribution in [0.1, 0.15) is 46.0 Å². The van der Waals surface area contributed by atoms with Gasteiger partial charge in [0.15, 0.2) is 0 Å². The van der Waals surface area contributed by atoms with E-state index in [0.717, 1.165) is 18.1 Å². The molecule has 0 aromatic carbocycles. The SMILES string of the molecule is CC(C)NC(CCSCC1CCCC1)C(=O)O. The van der Waals surface area contributed by atoms with Crippen LogP contribution >= 0.6 is 11.8 Å². The highest BCUT2D eigenvalue weighted by Gasteiger charge is 2.18. The Morgan fingerprint density at radius 2 is 2.06 bits per heavy atom. The predicted molar refractivity (Wildman–Crippen MR) is 73.6 cm³/mol. The lowest BCUT2D eigenvalue weighted by atomic mass is 10.1. The second-order valence-corrected chi connectivity index (χ2v) is 6.38. The van der Waals surface area contributed by atoms with Crippen LogP contribution in [0.4, 0.5) is 0 Å². The fourth-order valence-electron chi connectivity index (χ4n) is 2.31. The van der Waals surface area contributed by atoms with Crippen LogP contribution < -0.4 is 5.32 Å². The van der Waals surface area contributed by atoms with Gasteiger partial charge in [-0.2, -0.15) is 11.8 Å². The van der Waals surface area contributed by atoms with E-state index >= 15 is 0 Å². The van der Waals surface area contributed by atoms with Crippen molar-refractivity contribution in [3.05, 3.63) is 0 Å². The summed E-state index contributed by atoms with van der Waals surface area (Å²) >= 11 is 1.92. The quantitative estimate of drug-likeness (QED) is 0.658. The van der Waals surface area contributed by atoms with Crippen molar-refractivity contribution in [2.45, 2.75) is 58.0 Å². The Balaban J connectivity index is 2.11. The van der Waals surface area contributed by atoms with E-state index in [9.17, 15) is 4.79 Å². The molecule has 0 aromatic heterocycles. The van der Waals surface area contributed by atoms with E-state index in [0.29, 0.717) is 0 Å². The van der Waals surface area contributed by atoms with E-state index < -0.39 is 5.97 Å². The number of thioether (sulfide) groups is 1. The maximum absolute atomic E-state index is 11.0. The van der Waals surface area contributed by atoms with Crippen molar-refractivity contribution in [1.82, 2.24) is 5.32 Å². The van der Waals surface area contributed by atoms with Gasteiger partial charge in [0, 0.05) is 6.04 Å². The van der Waals surface area contributed by atoms with Crippen molar-refractivity contribution >= 4 is 17.7 Å². The van der Waals surface area contributed by atoms with Crippen molar-refractivity contribution in [3.8, 4) is 0 Å². The molecule has 4 heteroatoms. The number of carbonyl (C=O) groups is 1. The smallest absolute Gasteiger partial charge is 0.320 e. The van der Waals surface area contributed by atoms with Gasteiger partial charge in [0.2, 0.25) is 0 Å². The molecule has 100 valence electrons. The van der Waals surface area contributed by atoms with Gasteiger partial charge >= 0.3 is 5.97 Å². The summed E-state index contributed by atoms with van der Waals surface area (Å²) < 4.78 is 0. The molecule has 0 radical (unpaired) electrons. The Morgan fingerprint density at radius 3 is 2.59 bits per heavy atom. The number of hydrogen-bond donors (Lipinski definition) is 2. The molecular formula is C13H25NO2S. The largest absolute Gasteiger partial charge is 0.480 e.